The molecule has 2 heterocycles. The molecule has 0 spiro atoms. The Kier molecular flexibility index (Phi) is 2.41. The zero-order chi connectivity index (χ0) is 12.9. The molecule has 96 valence electrons. The highest BCUT2D eigenvalue weighted by molar-refractivity contribution is 7.91. The lowest BCUT2D eigenvalue weighted by Gasteiger charge is -2.10. The third-order valence-electron chi connectivity index (χ3n) is 3.22. The molecule has 2 aromatic rings. The van der Waals surface area contributed by atoms with E-state index in [1.807, 2.05) is 0 Å². The highest BCUT2D eigenvalue weighted by Crippen LogP contribution is 2.28. The Bertz CT molecular complexity index is 724. The van der Waals surface area contributed by atoms with Crippen molar-refractivity contribution >= 4 is 20.9 Å². The van der Waals surface area contributed by atoms with Gasteiger partial charge in [-0.3, -0.25) is 0 Å². The standard InChI is InChI=1S/C11H10F2N2O2S/c12-8-3-10-11(4-9(8)13)15(6-14-10)7-1-2-18(16,17)5-7/h3-4,6-7H,1-2,5H2. The number of sulfone groups is 1. The van der Waals surface area contributed by atoms with Crippen LogP contribution in [0.25, 0.3) is 11.0 Å². The van der Waals surface area contributed by atoms with Crippen molar-refractivity contribution in [3.05, 3.63) is 30.1 Å². The fourth-order valence-corrected chi connectivity index (χ4v) is 4.02. The summed E-state index contributed by atoms with van der Waals surface area (Å²) in [5.74, 6) is -1.75. The van der Waals surface area contributed by atoms with E-state index in [0.29, 0.717) is 17.5 Å². The Morgan fingerprint density at radius 2 is 2.00 bits per heavy atom. The highest BCUT2D eigenvalue weighted by Gasteiger charge is 2.30. The van der Waals surface area contributed by atoms with Gasteiger partial charge in [0, 0.05) is 12.1 Å². The van der Waals surface area contributed by atoms with Gasteiger partial charge in [-0.1, -0.05) is 0 Å². The second kappa shape index (κ2) is 3.74. The summed E-state index contributed by atoms with van der Waals surface area (Å²) in [5.41, 5.74) is 0.759. The van der Waals surface area contributed by atoms with E-state index >= 15 is 0 Å². The summed E-state index contributed by atoms with van der Waals surface area (Å²) in [4.78, 5) is 3.97. The van der Waals surface area contributed by atoms with Gasteiger partial charge in [-0.05, 0) is 6.42 Å². The number of aromatic nitrogens is 2. The molecule has 18 heavy (non-hydrogen) atoms. The summed E-state index contributed by atoms with van der Waals surface area (Å²) < 4.78 is 50.7. The topological polar surface area (TPSA) is 52.0 Å². The molecule has 4 nitrogen and oxygen atoms in total. The lowest BCUT2D eigenvalue weighted by Crippen LogP contribution is -2.10. The number of halogens is 2. The number of nitrogens with zero attached hydrogens (tertiary/aromatic N) is 2. The first-order valence-corrected chi connectivity index (χ1v) is 7.30. The van der Waals surface area contributed by atoms with Gasteiger partial charge in [0.25, 0.3) is 0 Å². The lowest BCUT2D eigenvalue weighted by molar-refractivity contribution is 0.509. The zero-order valence-corrected chi connectivity index (χ0v) is 10.1. The minimum Gasteiger partial charge on any atom is -0.326 e. The van der Waals surface area contributed by atoms with Gasteiger partial charge in [0.1, 0.15) is 0 Å². The number of rotatable bonds is 1. The molecule has 1 aromatic carbocycles. The molecule has 1 aliphatic heterocycles. The van der Waals surface area contributed by atoms with Crippen LogP contribution in [0.3, 0.4) is 0 Å². The maximum Gasteiger partial charge on any atom is 0.161 e. The Hall–Kier alpha value is -1.50. The summed E-state index contributed by atoms with van der Waals surface area (Å²) in [7, 11) is -3.02. The van der Waals surface area contributed by atoms with E-state index in [9.17, 15) is 17.2 Å². The predicted molar refractivity (Wildman–Crippen MR) is 62.0 cm³/mol. The average Bonchev–Trinajstić information content (AvgIpc) is 2.83. The Morgan fingerprint density at radius 1 is 1.28 bits per heavy atom. The van der Waals surface area contributed by atoms with Crippen LogP contribution in [0.4, 0.5) is 8.78 Å². The van der Waals surface area contributed by atoms with Crippen molar-refractivity contribution in [2.24, 2.45) is 0 Å². The second-order valence-electron chi connectivity index (χ2n) is 4.46. The minimum absolute atomic E-state index is 0.0253. The van der Waals surface area contributed by atoms with Crippen LogP contribution in [-0.4, -0.2) is 29.5 Å². The predicted octanol–water partition coefficient (Wildman–Crippen LogP) is 1.67. The monoisotopic (exact) mass is 272 g/mol. The first-order chi connectivity index (χ1) is 8.46. The summed E-state index contributed by atoms with van der Waals surface area (Å²) in [5, 5.41) is 0. The van der Waals surface area contributed by atoms with Gasteiger partial charge in [-0.15, -0.1) is 0 Å². The smallest absolute Gasteiger partial charge is 0.161 e. The van der Waals surface area contributed by atoms with Gasteiger partial charge >= 0.3 is 0 Å². The third-order valence-corrected chi connectivity index (χ3v) is 4.97. The Morgan fingerprint density at radius 3 is 2.67 bits per heavy atom. The molecule has 1 atom stereocenters. The van der Waals surface area contributed by atoms with Crippen molar-refractivity contribution in [2.75, 3.05) is 11.5 Å². The summed E-state index contributed by atoms with van der Waals surface area (Å²) >= 11 is 0. The number of hydrogen-bond acceptors (Lipinski definition) is 3. The summed E-state index contributed by atoms with van der Waals surface area (Å²) in [6, 6.07) is 1.83. The van der Waals surface area contributed by atoms with E-state index < -0.39 is 21.5 Å². The van der Waals surface area contributed by atoms with Crippen molar-refractivity contribution < 1.29 is 17.2 Å². The van der Waals surface area contributed by atoms with E-state index in [4.69, 9.17) is 0 Å². The average molecular weight is 272 g/mol. The zero-order valence-electron chi connectivity index (χ0n) is 9.31. The minimum atomic E-state index is -3.02. The Labute approximate surface area is 102 Å². The van der Waals surface area contributed by atoms with Crippen molar-refractivity contribution in [2.45, 2.75) is 12.5 Å². The largest absolute Gasteiger partial charge is 0.326 e. The van der Waals surface area contributed by atoms with Crippen LogP contribution >= 0.6 is 0 Å². The molecule has 0 amide bonds. The number of fused-ring (bicyclic) bond motifs is 1. The number of hydrogen-bond donors (Lipinski definition) is 0. The number of benzene rings is 1. The second-order valence-corrected chi connectivity index (χ2v) is 6.69. The van der Waals surface area contributed by atoms with E-state index in [1.165, 1.54) is 6.33 Å². The fraction of sp³-hybridized carbons (Fsp3) is 0.364. The fourth-order valence-electron chi connectivity index (χ4n) is 2.31. The summed E-state index contributed by atoms with van der Waals surface area (Å²) in [6.45, 7) is 0. The van der Waals surface area contributed by atoms with Crippen LogP contribution in [0, 0.1) is 11.6 Å². The van der Waals surface area contributed by atoms with Crippen LogP contribution in [0.15, 0.2) is 18.5 Å². The first-order valence-electron chi connectivity index (χ1n) is 5.48. The molecular formula is C11H10F2N2O2S. The highest BCUT2D eigenvalue weighted by atomic mass is 32.2. The molecule has 1 unspecified atom stereocenters. The van der Waals surface area contributed by atoms with Gasteiger partial charge in [0.05, 0.1) is 34.9 Å². The van der Waals surface area contributed by atoms with Crippen molar-refractivity contribution in [1.82, 2.24) is 9.55 Å². The maximum absolute atomic E-state index is 13.2. The summed E-state index contributed by atoms with van der Waals surface area (Å²) in [6.07, 6.45) is 1.92. The van der Waals surface area contributed by atoms with Crippen LogP contribution in [0.1, 0.15) is 12.5 Å². The maximum atomic E-state index is 13.2. The van der Waals surface area contributed by atoms with Gasteiger partial charge in [0.2, 0.25) is 0 Å². The molecule has 0 radical (unpaired) electrons. The molecule has 1 aromatic heterocycles. The Balaban J connectivity index is 2.11. The molecule has 1 aliphatic rings. The molecule has 0 aliphatic carbocycles. The molecule has 1 saturated heterocycles. The quantitative estimate of drug-likeness (QED) is 0.793. The molecule has 3 rings (SSSR count). The third kappa shape index (κ3) is 1.78. The molecule has 0 saturated carbocycles. The van der Waals surface area contributed by atoms with Crippen LogP contribution in [0.2, 0.25) is 0 Å². The van der Waals surface area contributed by atoms with Crippen molar-refractivity contribution in [3.8, 4) is 0 Å². The van der Waals surface area contributed by atoms with Crippen LogP contribution < -0.4 is 0 Å². The van der Waals surface area contributed by atoms with Gasteiger partial charge in [-0.2, -0.15) is 0 Å². The van der Waals surface area contributed by atoms with E-state index in [0.717, 1.165) is 12.1 Å². The van der Waals surface area contributed by atoms with Crippen molar-refractivity contribution in [3.63, 3.8) is 0 Å². The SMILES string of the molecule is O=S1(=O)CCC(n2cnc3cc(F)c(F)cc32)C1. The first kappa shape index (κ1) is 11.6. The molecule has 0 N–H and O–H groups in total. The molecule has 0 bridgehead atoms. The van der Waals surface area contributed by atoms with Gasteiger partial charge in [0.15, 0.2) is 21.5 Å². The van der Waals surface area contributed by atoms with E-state index in [2.05, 4.69) is 4.98 Å². The molecule has 1 fully saturated rings. The molecular weight excluding hydrogens is 262 g/mol. The van der Waals surface area contributed by atoms with Crippen molar-refractivity contribution in [1.29, 1.82) is 0 Å². The lowest BCUT2D eigenvalue weighted by atomic mass is 10.2. The normalized spacial score (nSPS) is 22.7. The van der Waals surface area contributed by atoms with E-state index in [-0.39, 0.29) is 17.5 Å². The van der Waals surface area contributed by atoms with Crippen LogP contribution in [0.5, 0.6) is 0 Å². The molecule has 7 heteroatoms. The number of imidazole rings is 1. The van der Waals surface area contributed by atoms with E-state index in [1.54, 1.807) is 4.57 Å². The van der Waals surface area contributed by atoms with Crippen LogP contribution in [-0.2, 0) is 9.84 Å². The van der Waals surface area contributed by atoms with Gasteiger partial charge in [-0.25, -0.2) is 22.2 Å². The van der Waals surface area contributed by atoms with Gasteiger partial charge < -0.3 is 4.57 Å².